The SMILES string of the molecule is O=C(O)CCS(=O)CCCOc1ccc(Cl)cc1. The van der Waals surface area contributed by atoms with Crippen molar-refractivity contribution < 1.29 is 18.8 Å². The van der Waals surface area contributed by atoms with Gasteiger partial charge in [-0.15, -0.1) is 0 Å². The standard InChI is InChI=1S/C12H15ClO4S/c13-10-2-4-11(5-3-10)17-7-1-8-18(16)9-6-12(14)15/h2-5H,1,6-9H2,(H,14,15). The summed E-state index contributed by atoms with van der Waals surface area (Å²) in [4.78, 5) is 10.3. The number of hydrogen-bond acceptors (Lipinski definition) is 3. The van der Waals surface area contributed by atoms with Crippen molar-refractivity contribution in [2.75, 3.05) is 18.1 Å². The molecule has 0 saturated carbocycles. The quantitative estimate of drug-likeness (QED) is 0.746. The molecule has 1 aromatic rings. The lowest BCUT2D eigenvalue weighted by molar-refractivity contribution is -0.136. The number of carbonyl (C=O) groups is 1. The number of halogens is 1. The molecule has 0 aliphatic rings. The Labute approximate surface area is 113 Å². The molecule has 0 amide bonds. The summed E-state index contributed by atoms with van der Waals surface area (Å²) >= 11 is 5.73. The Balaban J connectivity index is 2.13. The van der Waals surface area contributed by atoms with Crippen molar-refractivity contribution in [1.82, 2.24) is 0 Å². The van der Waals surface area contributed by atoms with E-state index in [-0.39, 0.29) is 12.2 Å². The van der Waals surface area contributed by atoms with Crippen LogP contribution in [0.2, 0.25) is 5.02 Å². The van der Waals surface area contributed by atoms with Gasteiger partial charge >= 0.3 is 5.97 Å². The van der Waals surface area contributed by atoms with Gasteiger partial charge in [-0.25, -0.2) is 0 Å². The third-order valence-electron chi connectivity index (χ3n) is 2.14. The number of rotatable bonds is 8. The van der Waals surface area contributed by atoms with Gasteiger partial charge in [-0.2, -0.15) is 0 Å². The first-order chi connectivity index (χ1) is 8.58. The summed E-state index contributed by atoms with van der Waals surface area (Å²) in [6, 6.07) is 7.01. The fraction of sp³-hybridized carbons (Fsp3) is 0.417. The molecule has 0 saturated heterocycles. The molecule has 0 aromatic heterocycles. The zero-order chi connectivity index (χ0) is 13.4. The molecule has 0 aliphatic heterocycles. The van der Waals surface area contributed by atoms with Crippen molar-refractivity contribution in [2.24, 2.45) is 0 Å². The average Bonchev–Trinajstić information content (AvgIpc) is 2.34. The lowest BCUT2D eigenvalue weighted by Crippen LogP contribution is -2.10. The molecule has 0 bridgehead atoms. The van der Waals surface area contributed by atoms with Gasteiger partial charge in [0.1, 0.15) is 5.75 Å². The molecule has 18 heavy (non-hydrogen) atoms. The van der Waals surface area contributed by atoms with Gasteiger partial charge in [0.25, 0.3) is 0 Å². The van der Waals surface area contributed by atoms with Crippen LogP contribution in [0.15, 0.2) is 24.3 Å². The van der Waals surface area contributed by atoms with Crippen LogP contribution in [0.1, 0.15) is 12.8 Å². The summed E-state index contributed by atoms with van der Waals surface area (Å²) in [7, 11) is -1.08. The second-order valence-corrected chi connectivity index (χ2v) is 5.78. The zero-order valence-corrected chi connectivity index (χ0v) is 11.4. The number of hydrogen-bond donors (Lipinski definition) is 1. The molecule has 100 valence electrons. The molecule has 1 unspecified atom stereocenters. The molecule has 1 N–H and O–H groups in total. The minimum absolute atomic E-state index is 0.0509. The number of carboxylic acid groups (broad SMARTS) is 1. The van der Waals surface area contributed by atoms with Gasteiger partial charge in [0.05, 0.1) is 13.0 Å². The highest BCUT2D eigenvalue weighted by Crippen LogP contribution is 2.15. The predicted molar refractivity (Wildman–Crippen MR) is 71.7 cm³/mol. The molecule has 4 nitrogen and oxygen atoms in total. The number of benzene rings is 1. The van der Waals surface area contributed by atoms with Crippen molar-refractivity contribution >= 4 is 28.4 Å². The van der Waals surface area contributed by atoms with E-state index in [2.05, 4.69) is 0 Å². The van der Waals surface area contributed by atoms with Crippen LogP contribution in [0.4, 0.5) is 0 Å². The highest BCUT2D eigenvalue weighted by atomic mass is 35.5. The van der Waals surface area contributed by atoms with Crippen molar-refractivity contribution in [3.05, 3.63) is 29.3 Å². The van der Waals surface area contributed by atoms with Crippen molar-refractivity contribution in [3.8, 4) is 5.75 Å². The van der Waals surface area contributed by atoms with Gasteiger partial charge in [-0.1, -0.05) is 11.6 Å². The van der Waals surface area contributed by atoms with Crippen LogP contribution < -0.4 is 4.74 Å². The Kier molecular flexibility index (Phi) is 6.75. The van der Waals surface area contributed by atoms with E-state index in [4.69, 9.17) is 21.4 Å². The molecular formula is C12H15ClO4S. The lowest BCUT2D eigenvalue weighted by atomic mass is 10.3. The Morgan fingerprint density at radius 3 is 2.56 bits per heavy atom. The van der Waals surface area contributed by atoms with E-state index in [0.29, 0.717) is 23.8 Å². The zero-order valence-electron chi connectivity index (χ0n) is 9.80. The second kappa shape index (κ2) is 8.11. The Morgan fingerprint density at radius 1 is 1.28 bits per heavy atom. The molecule has 0 radical (unpaired) electrons. The summed E-state index contributed by atoms with van der Waals surface area (Å²) in [6.07, 6.45) is 0.583. The van der Waals surface area contributed by atoms with E-state index >= 15 is 0 Å². The maximum absolute atomic E-state index is 11.4. The van der Waals surface area contributed by atoms with Gasteiger partial charge in [0, 0.05) is 27.3 Å². The first kappa shape index (κ1) is 15.0. The van der Waals surface area contributed by atoms with Gasteiger partial charge in [0.2, 0.25) is 0 Å². The monoisotopic (exact) mass is 290 g/mol. The van der Waals surface area contributed by atoms with Crippen LogP contribution in [0.5, 0.6) is 5.75 Å². The van der Waals surface area contributed by atoms with Crippen LogP contribution in [0.25, 0.3) is 0 Å². The van der Waals surface area contributed by atoms with Crippen LogP contribution >= 0.6 is 11.6 Å². The van der Waals surface area contributed by atoms with Crippen molar-refractivity contribution in [2.45, 2.75) is 12.8 Å². The van der Waals surface area contributed by atoms with E-state index in [9.17, 15) is 9.00 Å². The summed E-state index contributed by atoms with van der Waals surface area (Å²) in [5, 5.41) is 9.09. The minimum atomic E-state index is -1.08. The smallest absolute Gasteiger partial charge is 0.304 e. The Morgan fingerprint density at radius 2 is 1.94 bits per heavy atom. The van der Waals surface area contributed by atoms with Crippen molar-refractivity contribution in [3.63, 3.8) is 0 Å². The summed E-state index contributed by atoms with van der Waals surface area (Å²) in [5.41, 5.74) is 0. The summed E-state index contributed by atoms with van der Waals surface area (Å²) < 4.78 is 16.8. The molecule has 1 rings (SSSR count). The van der Waals surface area contributed by atoms with Crippen LogP contribution in [0.3, 0.4) is 0 Å². The molecular weight excluding hydrogens is 276 g/mol. The van der Waals surface area contributed by atoms with Crippen LogP contribution in [0, 0.1) is 0 Å². The van der Waals surface area contributed by atoms with E-state index in [0.717, 1.165) is 5.75 Å². The Hall–Kier alpha value is -1.07. The topological polar surface area (TPSA) is 63.6 Å². The van der Waals surface area contributed by atoms with E-state index in [1.165, 1.54) is 0 Å². The molecule has 6 heteroatoms. The molecule has 0 spiro atoms. The Bertz CT molecular complexity index is 405. The predicted octanol–water partition coefficient (Wildman–Crippen LogP) is 2.33. The van der Waals surface area contributed by atoms with Gasteiger partial charge in [-0.3, -0.25) is 9.00 Å². The van der Waals surface area contributed by atoms with Gasteiger partial charge in [0.15, 0.2) is 0 Å². The maximum atomic E-state index is 11.4. The third-order valence-corrected chi connectivity index (χ3v) is 3.80. The number of aliphatic carboxylic acids is 1. The fourth-order valence-corrected chi connectivity index (χ4v) is 2.42. The highest BCUT2D eigenvalue weighted by molar-refractivity contribution is 7.84. The van der Waals surface area contributed by atoms with Crippen LogP contribution in [-0.4, -0.2) is 33.4 Å². The number of carboxylic acids is 1. The average molecular weight is 291 g/mol. The molecule has 0 aliphatic carbocycles. The molecule has 1 aromatic carbocycles. The first-order valence-corrected chi connectivity index (χ1v) is 7.39. The normalized spacial score (nSPS) is 12.1. The molecule has 1 atom stereocenters. The lowest BCUT2D eigenvalue weighted by Gasteiger charge is -2.05. The third kappa shape index (κ3) is 6.61. The molecule has 0 fully saturated rings. The highest BCUT2D eigenvalue weighted by Gasteiger charge is 2.03. The summed E-state index contributed by atoms with van der Waals surface area (Å²) in [5.74, 6) is 0.466. The van der Waals surface area contributed by atoms with E-state index in [1.54, 1.807) is 24.3 Å². The van der Waals surface area contributed by atoms with Gasteiger partial charge in [-0.05, 0) is 30.7 Å². The molecule has 0 heterocycles. The second-order valence-electron chi connectivity index (χ2n) is 3.65. The minimum Gasteiger partial charge on any atom is -0.494 e. The van der Waals surface area contributed by atoms with Crippen LogP contribution in [-0.2, 0) is 15.6 Å². The first-order valence-electron chi connectivity index (χ1n) is 5.53. The van der Waals surface area contributed by atoms with Gasteiger partial charge < -0.3 is 9.84 Å². The van der Waals surface area contributed by atoms with Crippen molar-refractivity contribution in [1.29, 1.82) is 0 Å². The maximum Gasteiger partial charge on any atom is 0.304 e. The fourth-order valence-electron chi connectivity index (χ4n) is 1.24. The number of ether oxygens (including phenoxy) is 1. The largest absolute Gasteiger partial charge is 0.494 e. The van der Waals surface area contributed by atoms with E-state index in [1.807, 2.05) is 0 Å². The summed E-state index contributed by atoms with van der Waals surface area (Å²) in [6.45, 7) is 0.459. The van der Waals surface area contributed by atoms with E-state index < -0.39 is 16.8 Å².